The van der Waals surface area contributed by atoms with Crippen LogP contribution in [-0.4, -0.2) is 29.5 Å². The Morgan fingerprint density at radius 3 is 2.62 bits per heavy atom. The summed E-state index contributed by atoms with van der Waals surface area (Å²) < 4.78 is 8.78. The molecule has 0 saturated carbocycles. The summed E-state index contributed by atoms with van der Waals surface area (Å²) in [6.45, 7) is 10.2. The fourth-order valence-electron chi connectivity index (χ4n) is 3.90. The molecule has 0 atom stereocenters. The molecule has 174 valence electrons. The van der Waals surface area contributed by atoms with Gasteiger partial charge in [-0.05, 0) is 38.1 Å². The van der Waals surface area contributed by atoms with Crippen molar-refractivity contribution in [2.24, 2.45) is 0 Å². The van der Waals surface area contributed by atoms with E-state index in [-0.39, 0.29) is 17.0 Å². The molecular weight excluding hydrogens is 432 g/mol. The van der Waals surface area contributed by atoms with Crippen LogP contribution in [0.15, 0.2) is 52.0 Å². The average molecular weight is 459 g/mol. The third kappa shape index (κ3) is 3.57. The Kier molecular flexibility index (Phi) is 4.89. The van der Waals surface area contributed by atoms with Gasteiger partial charge in [0.05, 0.1) is 11.1 Å². The van der Waals surface area contributed by atoms with Gasteiger partial charge in [-0.3, -0.25) is 9.78 Å². The number of aromatic nitrogens is 6. The van der Waals surface area contributed by atoms with Gasteiger partial charge in [-0.2, -0.15) is 4.98 Å². The van der Waals surface area contributed by atoms with E-state index in [2.05, 4.69) is 41.2 Å². The topological polar surface area (TPSA) is 130 Å². The van der Waals surface area contributed by atoms with E-state index in [9.17, 15) is 4.79 Å². The molecule has 10 nitrogen and oxygen atoms in total. The first-order valence-corrected chi connectivity index (χ1v) is 11.0. The number of fused-ring (bicyclic) bond motifs is 2. The quantitative estimate of drug-likeness (QED) is 0.407. The molecule has 0 fully saturated rings. The lowest BCUT2D eigenvalue weighted by atomic mass is 9.91. The summed E-state index contributed by atoms with van der Waals surface area (Å²) in [6.07, 6.45) is 3.31. The molecule has 10 heteroatoms. The molecule has 4 heterocycles. The van der Waals surface area contributed by atoms with Crippen molar-refractivity contribution >= 4 is 39.5 Å². The molecule has 5 rings (SSSR count). The maximum absolute atomic E-state index is 13.3. The minimum absolute atomic E-state index is 0.0938. The third-order valence-corrected chi connectivity index (χ3v) is 5.62. The number of anilines is 3. The molecule has 0 bridgehead atoms. The summed E-state index contributed by atoms with van der Waals surface area (Å²) in [7, 11) is 0. The van der Waals surface area contributed by atoms with Crippen molar-refractivity contribution in [3.8, 4) is 5.69 Å². The first-order valence-electron chi connectivity index (χ1n) is 11.0. The number of nitrogen functional groups attached to an aromatic ring is 1. The van der Waals surface area contributed by atoms with Crippen molar-refractivity contribution in [3.05, 3.63) is 58.8 Å². The summed E-state index contributed by atoms with van der Waals surface area (Å²) in [5.41, 5.74) is 9.00. The Balaban J connectivity index is 1.66. The molecule has 0 aliphatic rings. The van der Waals surface area contributed by atoms with Crippen molar-refractivity contribution in [1.29, 1.82) is 0 Å². The second-order valence-corrected chi connectivity index (χ2v) is 9.54. The second kappa shape index (κ2) is 7.68. The van der Waals surface area contributed by atoms with Crippen molar-refractivity contribution in [2.45, 2.75) is 46.1 Å². The van der Waals surface area contributed by atoms with Crippen LogP contribution in [0.1, 0.15) is 46.4 Å². The molecule has 0 spiro atoms. The zero-order chi connectivity index (χ0) is 24.2. The zero-order valence-corrected chi connectivity index (χ0v) is 19.7. The van der Waals surface area contributed by atoms with Gasteiger partial charge in [0.15, 0.2) is 17.0 Å². The van der Waals surface area contributed by atoms with Crippen LogP contribution in [0.5, 0.6) is 0 Å². The predicted octanol–water partition coefficient (Wildman–Crippen LogP) is 4.32. The molecule has 0 aliphatic heterocycles. The van der Waals surface area contributed by atoms with Crippen molar-refractivity contribution in [1.82, 2.24) is 29.5 Å². The lowest BCUT2D eigenvalue weighted by Gasteiger charge is -2.20. The van der Waals surface area contributed by atoms with Gasteiger partial charge in [0, 0.05) is 41.3 Å². The number of nitrogens with one attached hydrogen (secondary N) is 1. The van der Waals surface area contributed by atoms with Gasteiger partial charge in [0.1, 0.15) is 5.39 Å². The molecule has 3 N–H and O–H groups in total. The fourth-order valence-corrected chi connectivity index (χ4v) is 3.90. The van der Waals surface area contributed by atoms with E-state index < -0.39 is 0 Å². The zero-order valence-electron chi connectivity index (χ0n) is 19.7. The van der Waals surface area contributed by atoms with Crippen LogP contribution >= 0.6 is 0 Å². The Labute approximate surface area is 195 Å². The Morgan fingerprint density at radius 1 is 1.09 bits per heavy atom. The predicted molar refractivity (Wildman–Crippen MR) is 132 cm³/mol. The minimum Gasteiger partial charge on any atom is -0.380 e. The van der Waals surface area contributed by atoms with Crippen LogP contribution in [0, 0.1) is 0 Å². The number of pyridine rings is 1. The molecular formula is C24H26N8O2. The van der Waals surface area contributed by atoms with E-state index >= 15 is 0 Å². The minimum atomic E-state index is -0.149. The fraction of sp³-hybridized carbons (Fsp3) is 0.292. The molecule has 0 saturated heterocycles. The van der Waals surface area contributed by atoms with Crippen LogP contribution in [0.4, 0.5) is 17.5 Å². The monoisotopic (exact) mass is 458 g/mol. The number of nitrogens with two attached hydrogens (primary N) is 1. The van der Waals surface area contributed by atoms with E-state index in [1.807, 2.05) is 42.8 Å². The van der Waals surface area contributed by atoms with E-state index in [0.717, 1.165) is 16.8 Å². The second-order valence-electron chi connectivity index (χ2n) is 9.54. The maximum atomic E-state index is 13.3. The standard InChI is InChI=1S/C24H26N8O2/c1-13(2)31-22(33)17-12-27-23(28-14-6-7-16-18(10-14)34-30-20(16)25)29-21(17)32(31)15-8-9-26-19(11-15)24(3,4)5/h6-13H,1-5H3,(H2,25,30)(H,27,28,29). The Hall–Kier alpha value is -4.21. The van der Waals surface area contributed by atoms with E-state index in [1.165, 1.54) is 0 Å². The SMILES string of the molecule is CC(C)n1c(=O)c2cnc(Nc3ccc4c(N)noc4c3)nc2n1-c1ccnc(C(C)(C)C)c1. The molecule has 4 aromatic heterocycles. The summed E-state index contributed by atoms with van der Waals surface area (Å²) >= 11 is 0. The van der Waals surface area contributed by atoms with Gasteiger partial charge in [-0.15, -0.1) is 0 Å². The van der Waals surface area contributed by atoms with Crippen molar-refractivity contribution in [2.75, 3.05) is 11.1 Å². The molecule has 0 amide bonds. The van der Waals surface area contributed by atoms with Crippen molar-refractivity contribution in [3.63, 3.8) is 0 Å². The first kappa shape index (κ1) is 21.6. The number of rotatable bonds is 4. The molecule has 0 aliphatic carbocycles. The van der Waals surface area contributed by atoms with Gasteiger partial charge in [0.2, 0.25) is 5.95 Å². The van der Waals surface area contributed by atoms with Gasteiger partial charge in [0.25, 0.3) is 5.56 Å². The molecule has 0 unspecified atom stereocenters. The van der Waals surface area contributed by atoms with E-state index in [1.54, 1.807) is 23.1 Å². The lowest BCUT2D eigenvalue weighted by molar-refractivity contribution is 0.460. The highest BCUT2D eigenvalue weighted by molar-refractivity contribution is 5.89. The van der Waals surface area contributed by atoms with Crippen LogP contribution in [0.2, 0.25) is 0 Å². The maximum Gasteiger partial charge on any atom is 0.278 e. The number of hydrogen-bond donors (Lipinski definition) is 2. The summed E-state index contributed by atoms with van der Waals surface area (Å²) in [6, 6.07) is 9.21. The summed E-state index contributed by atoms with van der Waals surface area (Å²) in [5.74, 6) is 0.685. The highest BCUT2D eigenvalue weighted by atomic mass is 16.5. The molecule has 5 aromatic rings. The van der Waals surface area contributed by atoms with Crippen LogP contribution < -0.4 is 16.6 Å². The Bertz CT molecular complexity index is 1590. The number of hydrogen-bond acceptors (Lipinski definition) is 8. The lowest BCUT2D eigenvalue weighted by Crippen LogP contribution is -2.24. The summed E-state index contributed by atoms with van der Waals surface area (Å²) in [5, 5.41) is 8.13. The Morgan fingerprint density at radius 2 is 1.88 bits per heavy atom. The van der Waals surface area contributed by atoms with Crippen LogP contribution in [-0.2, 0) is 5.41 Å². The van der Waals surface area contributed by atoms with E-state index in [4.69, 9.17) is 15.2 Å². The number of nitrogens with zero attached hydrogens (tertiary/aromatic N) is 6. The highest BCUT2D eigenvalue weighted by Gasteiger charge is 2.22. The third-order valence-electron chi connectivity index (χ3n) is 5.62. The van der Waals surface area contributed by atoms with Gasteiger partial charge in [-0.1, -0.05) is 25.9 Å². The largest absolute Gasteiger partial charge is 0.380 e. The normalized spacial score (nSPS) is 12.2. The van der Waals surface area contributed by atoms with Crippen LogP contribution in [0.25, 0.3) is 27.7 Å². The van der Waals surface area contributed by atoms with Gasteiger partial charge < -0.3 is 15.6 Å². The van der Waals surface area contributed by atoms with E-state index in [0.29, 0.717) is 34.1 Å². The molecule has 0 radical (unpaired) electrons. The smallest absolute Gasteiger partial charge is 0.278 e. The highest BCUT2D eigenvalue weighted by Crippen LogP contribution is 2.27. The van der Waals surface area contributed by atoms with Crippen LogP contribution in [0.3, 0.4) is 0 Å². The van der Waals surface area contributed by atoms with Gasteiger partial charge >= 0.3 is 0 Å². The first-order chi connectivity index (χ1) is 16.1. The average Bonchev–Trinajstić information content (AvgIpc) is 3.30. The van der Waals surface area contributed by atoms with Crippen molar-refractivity contribution < 1.29 is 4.52 Å². The summed E-state index contributed by atoms with van der Waals surface area (Å²) in [4.78, 5) is 26.9. The van der Waals surface area contributed by atoms with Gasteiger partial charge in [-0.25, -0.2) is 14.3 Å². The molecule has 34 heavy (non-hydrogen) atoms. The molecule has 1 aromatic carbocycles. The number of benzene rings is 1.